The predicted octanol–water partition coefficient (Wildman–Crippen LogP) is 4.76. The molecule has 3 amide bonds. The highest BCUT2D eigenvalue weighted by Crippen LogP contribution is 2.38. The van der Waals surface area contributed by atoms with E-state index in [1.807, 2.05) is 47.8 Å². The van der Waals surface area contributed by atoms with Gasteiger partial charge < -0.3 is 20.1 Å². The maximum absolute atomic E-state index is 13.4. The Morgan fingerprint density at radius 1 is 1.05 bits per heavy atom. The van der Waals surface area contributed by atoms with Crippen molar-refractivity contribution in [3.05, 3.63) is 71.1 Å². The summed E-state index contributed by atoms with van der Waals surface area (Å²) >= 11 is 2.91. The van der Waals surface area contributed by atoms with Gasteiger partial charge >= 0.3 is 6.09 Å². The van der Waals surface area contributed by atoms with Crippen LogP contribution in [0.4, 0.5) is 9.93 Å². The van der Waals surface area contributed by atoms with E-state index in [-0.39, 0.29) is 29.7 Å². The maximum atomic E-state index is 13.4. The zero-order valence-electron chi connectivity index (χ0n) is 21.8. The van der Waals surface area contributed by atoms with Crippen molar-refractivity contribution >= 4 is 46.1 Å². The normalized spacial score (nSPS) is 22.2. The minimum Gasteiger partial charge on any atom is -0.445 e. The van der Waals surface area contributed by atoms with Crippen molar-refractivity contribution in [2.45, 2.75) is 43.3 Å². The predicted molar refractivity (Wildman–Crippen MR) is 154 cm³/mol. The average Bonchev–Trinajstić information content (AvgIpc) is 3.36. The number of anilines is 1. The molecule has 2 aromatic carbocycles. The molecule has 1 aliphatic carbocycles. The van der Waals surface area contributed by atoms with Crippen molar-refractivity contribution in [2.24, 2.45) is 5.92 Å². The van der Waals surface area contributed by atoms with Crippen molar-refractivity contribution in [3.63, 3.8) is 0 Å². The van der Waals surface area contributed by atoms with Crippen LogP contribution < -0.4 is 10.6 Å². The number of nitrogens with zero attached hydrogens (tertiary/aromatic N) is 2. The zero-order chi connectivity index (χ0) is 27.5. The molecule has 0 bridgehead atoms. The maximum Gasteiger partial charge on any atom is 0.411 e. The number of thioether (sulfide) groups is 1. The van der Waals surface area contributed by atoms with Gasteiger partial charge in [0.25, 0.3) is 5.91 Å². The second-order valence-corrected chi connectivity index (χ2v) is 12.2. The fourth-order valence-electron chi connectivity index (χ4n) is 4.84. The summed E-state index contributed by atoms with van der Waals surface area (Å²) < 4.78 is 11.2. The summed E-state index contributed by atoms with van der Waals surface area (Å²) in [6.45, 7) is 1.35. The molecule has 2 N–H and O–H groups in total. The summed E-state index contributed by atoms with van der Waals surface area (Å²) in [4.78, 5) is 45.2. The van der Waals surface area contributed by atoms with Crippen molar-refractivity contribution in [1.29, 1.82) is 0 Å². The van der Waals surface area contributed by atoms with E-state index < -0.39 is 12.1 Å². The molecule has 0 spiro atoms. The van der Waals surface area contributed by atoms with Crippen molar-refractivity contribution in [2.75, 3.05) is 24.3 Å². The van der Waals surface area contributed by atoms with Gasteiger partial charge in [0.2, 0.25) is 5.91 Å². The van der Waals surface area contributed by atoms with Crippen LogP contribution in [0.5, 0.6) is 0 Å². The minimum atomic E-state index is -0.685. The molecule has 3 heterocycles. The number of benzene rings is 2. The van der Waals surface area contributed by atoms with Gasteiger partial charge in [0, 0.05) is 40.8 Å². The molecule has 2 saturated heterocycles. The second kappa shape index (κ2) is 12.0. The number of thiazole rings is 1. The fourth-order valence-corrected chi connectivity index (χ4v) is 7.13. The van der Waals surface area contributed by atoms with Gasteiger partial charge in [0.15, 0.2) is 5.13 Å². The average molecular weight is 579 g/mol. The van der Waals surface area contributed by atoms with Gasteiger partial charge in [-0.15, -0.1) is 23.1 Å². The van der Waals surface area contributed by atoms with E-state index in [0.29, 0.717) is 41.4 Å². The molecule has 0 radical (unpaired) electrons. The van der Waals surface area contributed by atoms with Crippen LogP contribution in [0.3, 0.4) is 0 Å². The van der Waals surface area contributed by atoms with Crippen molar-refractivity contribution < 1.29 is 23.9 Å². The Kier molecular flexibility index (Phi) is 8.03. The first-order valence-corrected chi connectivity index (χ1v) is 15.3. The van der Waals surface area contributed by atoms with E-state index in [9.17, 15) is 14.4 Å². The van der Waals surface area contributed by atoms with Crippen LogP contribution in [-0.4, -0.2) is 64.2 Å². The first kappa shape index (κ1) is 26.8. The Hall–Kier alpha value is -3.41. The topological polar surface area (TPSA) is 110 Å². The van der Waals surface area contributed by atoms with Crippen LogP contribution in [0.15, 0.2) is 60.0 Å². The van der Waals surface area contributed by atoms with Gasteiger partial charge in [-0.1, -0.05) is 42.5 Å². The van der Waals surface area contributed by atoms with E-state index in [2.05, 4.69) is 15.6 Å². The third-order valence-corrected chi connectivity index (χ3v) is 9.43. The Labute approximate surface area is 240 Å². The van der Waals surface area contributed by atoms with Crippen LogP contribution >= 0.6 is 23.1 Å². The number of aromatic nitrogens is 1. The van der Waals surface area contributed by atoms with Gasteiger partial charge in [-0.2, -0.15) is 0 Å². The van der Waals surface area contributed by atoms with E-state index in [0.717, 1.165) is 30.4 Å². The summed E-state index contributed by atoms with van der Waals surface area (Å²) in [6.07, 6.45) is 2.42. The summed E-state index contributed by atoms with van der Waals surface area (Å²) in [5, 5.41) is 8.02. The standard InChI is InChI=1S/C29H30N4O5S2/c34-25(30-22-10-11-22)20-8-6-19(7-9-20)23-16-40-28(31-23)32-26(35)24-17-39-27(21-12-13-37-15-21)33(24)29(36)38-14-18-4-2-1-3-5-18/h1-9,16,21-22,24,27H,10-15,17H2,(H,30,34)(H,31,32,35). The lowest BCUT2D eigenvalue weighted by atomic mass is 10.1. The largest absolute Gasteiger partial charge is 0.445 e. The van der Waals surface area contributed by atoms with Crippen LogP contribution in [-0.2, 0) is 20.9 Å². The number of amides is 3. The molecule has 40 heavy (non-hydrogen) atoms. The highest BCUT2D eigenvalue weighted by molar-refractivity contribution is 8.00. The molecule has 3 aromatic rings. The van der Waals surface area contributed by atoms with Gasteiger partial charge in [-0.25, -0.2) is 9.78 Å². The highest BCUT2D eigenvalue weighted by atomic mass is 32.2. The lowest BCUT2D eigenvalue weighted by Gasteiger charge is -2.30. The molecule has 3 unspecified atom stereocenters. The number of hydrogen-bond donors (Lipinski definition) is 2. The molecule has 1 aromatic heterocycles. The SMILES string of the molecule is O=C(NC1CC1)c1ccc(-c2csc(NC(=O)C3CSC(C4CCOC4)N3C(=O)OCc3ccccc3)n2)cc1. The second-order valence-electron chi connectivity index (χ2n) is 10.2. The van der Waals surface area contributed by atoms with E-state index in [1.165, 1.54) is 11.3 Å². The first-order valence-electron chi connectivity index (χ1n) is 13.4. The summed E-state index contributed by atoms with van der Waals surface area (Å²) in [6, 6.07) is 16.4. The molecule has 6 rings (SSSR count). The molecule has 3 atom stereocenters. The van der Waals surface area contributed by atoms with E-state index in [1.54, 1.807) is 28.8 Å². The lowest BCUT2D eigenvalue weighted by Crippen LogP contribution is -2.49. The van der Waals surface area contributed by atoms with Gasteiger partial charge in [-0.3, -0.25) is 14.5 Å². The van der Waals surface area contributed by atoms with E-state index in [4.69, 9.17) is 9.47 Å². The first-order chi connectivity index (χ1) is 19.5. The Bertz CT molecular complexity index is 1360. The zero-order valence-corrected chi connectivity index (χ0v) is 23.4. The van der Waals surface area contributed by atoms with Crippen LogP contribution in [0.1, 0.15) is 35.2 Å². The molecule has 2 aliphatic heterocycles. The van der Waals surface area contributed by atoms with Crippen molar-refractivity contribution in [3.8, 4) is 11.3 Å². The molecule has 3 fully saturated rings. The quantitative estimate of drug-likeness (QED) is 0.397. The Balaban J connectivity index is 1.12. The molecule has 3 aliphatic rings. The number of carbonyl (C=O) groups is 3. The monoisotopic (exact) mass is 578 g/mol. The van der Waals surface area contributed by atoms with Crippen LogP contribution in [0.25, 0.3) is 11.3 Å². The Morgan fingerprint density at radius 3 is 2.58 bits per heavy atom. The Morgan fingerprint density at radius 2 is 1.85 bits per heavy atom. The molecule has 9 nitrogen and oxygen atoms in total. The molecular formula is C29H30N4O5S2. The molecular weight excluding hydrogens is 548 g/mol. The number of nitrogens with one attached hydrogen (secondary N) is 2. The van der Waals surface area contributed by atoms with Gasteiger partial charge in [-0.05, 0) is 37.0 Å². The summed E-state index contributed by atoms with van der Waals surface area (Å²) in [5.74, 6) is 0.256. The number of carbonyl (C=O) groups excluding carboxylic acids is 3. The van der Waals surface area contributed by atoms with Gasteiger partial charge in [0.1, 0.15) is 12.6 Å². The third-order valence-electron chi connectivity index (χ3n) is 7.21. The molecule has 208 valence electrons. The molecule has 1 saturated carbocycles. The molecule has 11 heteroatoms. The lowest BCUT2D eigenvalue weighted by molar-refractivity contribution is -0.120. The number of rotatable bonds is 8. The summed E-state index contributed by atoms with van der Waals surface area (Å²) in [5.41, 5.74) is 3.05. The number of ether oxygens (including phenoxy) is 2. The van der Waals surface area contributed by atoms with E-state index >= 15 is 0 Å². The fraction of sp³-hybridized carbons (Fsp3) is 0.379. The number of hydrogen-bond acceptors (Lipinski definition) is 8. The van der Waals surface area contributed by atoms with Gasteiger partial charge in [0.05, 0.1) is 17.7 Å². The van der Waals surface area contributed by atoms with Crippen molar-refractivity contribution in [1.82, 2.24) is 15.2 Å². The smallest absolute Gasteiger partial charge is 0.411 e. The highest BCUT2D eigenvalue weighted by Gasteiger charge is 2.46. The van der Waals surface area contributed by atoms with Crippen LogP contribution in [0, 0.1) is 5.92 Å². The minimum absolute atomic E-state index is 0.0657. The summed E-state index contributed by atoms with van der Waals surface area (Å²) in [7, 11) is 0. The van der Waals surface area contributed by atoms with Crippen LogP contribution in [0.2, 0.25) is 0 Å². The third kappa shape index (κ3) is 6.16.